The average Bonchev–Trinajstić information content (AvgIpc) is 2.34. The van der Waals surface area contributed by atoms with Gasteiger partial charge in [0, 0.05) is 6.07 Å². The van der Waals surface area contributed by atoms with Crippen LogP contribution in [0.3, 0.4) is 0 Å². The number of hydrogen-bond donors (Lipinski definition) is 0. The van der Waals surface area contributed by atoms with E-state index in [1.807, 2.05) is 0 Å². The number of anilines is 1. The van der Waals surface area contributed by atoms with Crippen LogP contribution in [0.1, 0.15) is 13.3 Å². The van der Waals surface area contributed by atoms with Gasteiger partial charge in [-0.3, -0.25) is 20.2 Å². The fraction of sp³-hybridized carbons (Fsp3) is 0.333. The molecule has 0 spiro atoms. The van der Waals surface area contributed by atoms with Crippen molar-refractivity contribution in [2.45, 2.75) is 13.3 Å². The summed E-state index contributed by atoms with van der Waals surface area (Å²) in [5.41, 5.74) is -2.05. The summed E-state index contributed by atoms with van der Waals surface area (Å²) in [6.07, 6.45) is 0.362. The number of hydrogen-bond acceptors (Lipinski definition) is 6. The van der Waals surface area contributed by atoms with E-state index >= 15 is 0 Å². The maximum absolute atomic E-state index is 10.9. The summed E-state index contributed by atoms with van der Waals surface area (Å²) in [5, 5.41) is 32.3. The van der Waals surface area contributed by atoms with Crippen LogP contribution in [0.2, 0.25) is 0 Å². The van der Waals surface area contributed by atoms with Crippen molar-refractivity contribution in [1.82, 2.24) is 0 Å². The Balaban J connectivity index is 3.49. The summed E-state index contributed by atoms with van der Waals surface area (Å²) in [6, 6.07) is 3.22. The third-order valence-electron chi connectivity index (χ3n) is 2.28. The molecule has 0 bridgehead atoms. The molecular formula is C9H10N4O6. The van der Waals surface area contributed by atoms with Crippen molar-refractivity contribution in [3.63, 3.8) is 0 Å². The van der Waals surface area contributed by atoms with Crippen LogP contribution in [0, 0.1) is 30.3 Å². The third-order valence-corrected chi connectivity index (χ3v) is 2.28. The van der Waals surface area contributed by atoms with Crippen LogP contribution in [-0.2, 0) is 0 Å². The Labute approximate surface area is 106 Å². The summed E-state index contributed by atoms with van der Waals surface area (Å²) < 4.78 is 0. The molecule has 0 aliphatic rings. The van der Waals surface area contributed by atoms with Gasteiger partial charge in [0.1, 0.15) is 0 Å². The monoisotopic (exact) mass is 270 g/mol. The zero-order valence-corrected chi connectivity index (χ0v) is 9.88. The number of rotatable bonds is 6. The molecular weight excluding hydrogens is 260 g/mol. The predicted octanol–water partition coefficient (Wildman–Crippen LogP) is 1.91. The molecule has 0 radical (unpaired) electrons. The quantitative estimate of drug-likeness (QED) is 0.569. The van der Waals surface area contributed by atoms with Crippen molar-refractivity contribution in [3.8, 4) is 0 Å². The van der Waals surface area contributed by atoms with Crippen LogP contribution < -0.4 is 5.01 Å². The Morgan fingerprint density at radius 2 is 1.74 bits per heavy atom. The van der Waals surface area contributed by atoms with Gasteiger partial charge in [0.05, 0.1) is 16.4 Å². The molecule has 0 unspecified atom stereocenters. The molecule has 0 fully saturated rings. The van der Waals surface area contributed by atoms with E-state index in [-0.39, 0.29) is 6.54 Å². The molecule has 0 saturated carbocycles. The van der Waals surface area contributed by atoms with Gasteiger partial charge in [0.25, 0.3) is 0 Å². The number of hydrazine groups is 1. The van der Waals surface area contributed by atoms with Crippen molar-refractivity contribution in [3.05, 3.63) is 48.5 Å². The van der Waals surface area contributed by atoms with Gasteiger partial charge in [0.15, 0.2) is 10.7 Å². The smallest absolute Gasteiger partial charge is 0.258 e. The highest BCUT2D eigenvalue weighted by atomic mass is 16.7. The fourth-order valence-electron chi connectivity index (χ4n) is 1.56. The number of nitrogens with zero attached hydrogens (tertiary/aromatic N) is 4. The topological polar surface area (TPSA) is 133 Å². The standard InChI is InChI=1S/C9H10N4O6/c1-2-6-10(13(18)19)7-4-3-5-8(11(14)15)9(7)12(16)17/h3-5H,2,6H2,1H3. The van der Waals surface area contributed by atoms with Crippen molar-refractivity contribution in [1.29, 1.82) is 0 Å². The summed E-state index contributed by atoms with van der Waals surface area (Å²) in [4.78, 5) is 30.6. The second-order valence-electron chi connectivity index (χ2n) is 3.52. The summed E-state index contributed by atoms with van der Waals surface area (Å²) in [7, 11) is 0. The van der Waals surface area contributed by atoms with Crippen LogP contribution in [0.15, 0.2) is 18.2 Å². The first-order chi connectivity index (χ1) is 8.90. The van der Waals surface area contributed by atoms with Crippen molar-refractivity contribution in [2.24, 2.45) is 0 Å². The van der Waals surface area contributed by atoms with Crippen molar-refractivity contribution in [2.75, 3.05) is 11.6 Å². The van der Waals surface area contributed by atoms with Gasteiger partial charge in [-0.1, -0.05) is 18.0 Å². The average molecular weight is 270 g/mol. The second kappa shape index (κ2) is 5.71. The Morgan fingerprint density at radius 1 is 1.11 bits per heavy atom. The molecule has 0 aliphatic heterocycles. The van der Waals surface area contributed by atoms with Gasteiger partial charge in [-0.05, 0) is 12.5 Å². The Morgan fingerprint density at radius 3 is 2.16 bits per heavy atom. The van der Waals surface area contributed by atoms with Crippen LogP contribution in [-0.4, -0.2) is 21.4 Å². The van der Waals surface area contributed by atoms with Crippen molar-refractivity contribution >= 4 is 17.1 Å². The first kappa shape index (κ1) is 14.3. The zero-order chi connectivity index (χ0) is 14.6. The van der Waals surface area contributed by atoms with E-state index in [9.17, 15) is 30.3 Å². The molecule has 0 aromatic heterocycles. The van der Waals surface area contributed by atoms with Gasteiger partial charge in [-0.15, -0.1) is 0 Å². The SMILES string of the molecule is CCCN(c1cccc([N+](=O)[O-])c1[N+](=O)[O-])[N+](=O)[O-]. The predicted molar refractivity (Wildman–Crippen MR) is 64.4 cm³/mol. The molecule has 1 aromatic carbocycles. The highest BCUT2D eigenvalue weighted by Crippen LogP contribution is 2.36. The van der Waals surface area contributed by atoms with Gasteiger partial charge in [-0.25, -0.2) is 10.1 Å². The normalized spacial score (nSPS) is 9.95. The molecule has 0 amide bonds. The summed E-state index contributed by atoms with van der Waals surface area (Å²) in [6.45, 7) is 1.56. The number of benzene rings is 1. The van der Waals surface area contributed by atoms with Crippen LogP contribution in [0.4, 0.5) is 17.1 Å². The molecule has 0 heterocycles. The Bertz CT molecular complexity index is 531. The van der Waals surface area contributed by atoms with E-state index < -0.39 is 31.9 Å². The molecule has 1 aromatic rings. The van der Waals surface area contributed by atoms with Gasteiger partial charge >= 0.3 is 11.4 Å². The number of nitro groups is 3. The molecule has 0 saturated heterocycles. The Kier molecular flexibility index (Phi) is 4.29. The van der Waals surface area contributed by atoms with E-state index in [0.29, 0.717) is 11.4 Å². The maximum atomic E-state index is 10.9. The highest BCUT2D eigenvalue weighted by molar-refractivity contribution is 5.71. The minimum absolute atomic E-state index is 0.0883. The van der Waals surface area contributed by atoms with Crippen LogP contribution >= 0.6 is 0 Å². The largest absolute Gasteiger partial charge is 0.375 e. The van der Waals surface area contributed by atoms with Gasteiger partial charge in [-0.2, -0.15) is 0 Å². The summed E-state index contributed by atoms with van der Waals surface area (Å²) in [5.74, 6) is 0. The maximum Gasteiger partial charge on any atom is 0.375 e. The molecule has 0 N–H and O–H groups in total. The lowest BCUT2D eigenvalue weighted by molar-refractivity contribution is -0.496. The fourth-order valence-corrected chi connectivity index (χ4v) is 1.56. The first-order valence-corrected chi connectivity index (χ1v) is 5.23. The molecule has 10 nitrogen and oxygen atoms in total. The number of nitro benzene ring substituents is 2. The van der Waals surface area contributed by atoms with Crippen LogP contribution in [0.5, 0.6) is 0 Å². The van der Waals surface area contributed by atoms with Gasteiger partial charge in [0.2, 0.25) is 0 Å². The van der Waals surface area contributed by atoms with Crippen LogP contribution in [0.25, 0.3) is 0 Å². The molecule has 19 heavy (non-hydrogen) atoms. The Hall–Kier alpha value is -2.78. The lowest BCUT2D eigenvalue weighted by Gasteiger charge is -2.12. The molecule has 0 aliphatic carbocycles. The molecule has 1 rings (SSSR count). The second-order valence-corrected chi connectivity index (χ2v) is 3.52. The first-order valence-electron chi connectivity index (χ1n) is 5.23. The lowest BCUT2D eigenvalue weighted by Crippen LogP contribution is -2.31. The lowest BCUT2D eigenvalue weighted by atomic mass is 10.2. The minimum atomic E-state index is -0.986. The summed E-state index contributed by atoms with van der Waals surface area (Å²) >= 11 is 0. The number of para-hydroxylation sites is 1. The zero-order valence-electron chi connectivity index (χ0n) is 9.88. The highest BCUT2D eigenvalue weighted by Gasteiger charge is 2.34. The van der Waals surface area contributed by atoms with E-state index in [0.717, 1.165) is 12.1 Å². The van der Waals surface area contributed by atoms with E-state index in [2.05, 4.69) is 0 Å². The van der Waals surface area contributed by atoms with E-state index in [4.69, 9.17) is 0 Å². The van der Waals surface area contributed by atoms with E-state index in [1.54, 1.807) is 6.92 Å². The van der Waals surface area contributed by atoms with E-state index in [1.165, 1.54) is 6.07 Å². The van der Waals surface area contributed by atoms with Crippen molar-refractivity contribution < 1.29 is 14.9 Å². The molecule has 0 atom stereocenters. The third kappa shape index (κ3) is 2.91. The molecule has 102 valence electrons. The minimum Gasteiger partial charge on any atom is -0.258 e. The van der Waals surface area contributed by atoms with Gasteiger partial charge < -0.3 is 0 Å². The molecule has 10 heteroatoms.